The number of hydrogen-bond donors (Lipinski definition) is 1. The van der Waals surface area contributed by atoms with Crippen molar-refractivity contribution in [3.8, 4) is 5.75 Å². The highest BCUT2D eigenvalue weighted by molar-refractivity contribution is 6.04. The summed E-state index contributed by atoms with van der Waals surface area (Å²) in [7, 11) is 0. The first-order chi connectivity index (χ1) is 13.2. The number of hydrogen-bond acceptors (Lipinski definition) is 4. The van der Waals surface area contributed by atoms with Gasteiger partial charge in [0.05, 0.1) is 13.2 Å². The van der Waals surface area contributed by atoms with Crippen LogP contribution in [0.25, 0.3) is 0 Å². The largest absolute Gasteiger partial charge is 0.494 e. The minimum Gasteiger partial charge on any atom is -0.494 e. The summed E-state index contributed by atoms with van der Waals surface area (Å²) in [6.45, 7) is 4.39. The van der Waals surface area contributed by atoms with Gasteiger partial charge in [-0.15, -0.1) is 0 Å². The number of nitrogens with one attached hydrogen (secondary N) is 1. The van der Waals surface area contributed by atoms with Crippen molar-refractivity contribution >= 4 is 17.6 Å². The first kappa shape index (κ1) is 20.2. The molecule has 0 atom stereocenters. The Kier molecular flexibility index (Phi) is 8.63. The lowest BCUT2D eigenvalue weighted by Crippen LogP contribution is -2.11. The van der Waals surface area contributed by atoms with E-state index in [0.29, 0.717) is 18.8 Å². The maximum Gasteiger partial charge on any atom is 0.330 e. The van der Waals surface area contributed by atoms with E-state index in [9.17, 15) is 9.59 Å². The summed E-state index contributed by atoms with van der Waals surface area (Å²) < 4.78 is 10.6. The average Bonchev–Trinajstić information content (AvgIpc) is 2.71. The van der Waals surface area contributed by atoms with Gasteiger partial charge in [0, 0.05) is 17.3 Å². The first-order valence-electron chi connectivity index (χ1n) is 9.07. The quantitative estimate of drug-likeness (QED) is 0.358. The molecular formula is C22H25NO4. The smallest absolute Gasteiger partial charge is 0.330 e. The van der Waals surface area contributed by atoms with Crippen molar-refractivity contribution in [1.82, 2.24) is 0 Å². The van der Waals surface area contributed by atoms with Crippen molar-refractivity contribution in [1.29, 1.82) is 0 Å². The molecule has 2 aromatic rings. The van der Waals surface area contributed by atoms with E-state index in [-0.39, 0.29) is 11.9 Å². The highest BCUT2D eigenvalue weighted by Crippen LogP contribution is 2.15. The van der Waals surface area contributed by atoms with Crippen molar-refractivity contribution in [3.63, 3.8) is 0 Å². The molecule has 0 radical (unpaired) electrons. The highest BCUT2D eigenvalue weighted by Gasteiger charge is 2.06. The number of carbonyl (C=O) groups excluding carboxylic acids is 2. The number of anilines is 1. The zero-order valence-corrected chi connectivity index (χ0v) is 15.4. The van der Waals surface area contributed by atoms with Crippen LogP contribution in [-0.2, 0) is 9.53 Å². The zero-order valence-electron chi connectivity index (χ0n) is 15.4. The summed E-state index contributed by atoms with van der Waals surface area (Å²) in [5.74, 6) is 0.218. The molecule has 27 heavy (non-hydrogen) atoms. The van der Waals surface area contributed by atoms with Crippen LogP contribution in [0.3, 0.4) is 0 Å². The van der Waals surface area contributed by atoms with Gasteiger partial charge in [0.1, 0.15) is 5.75 Å². The number of carbonyl (C=O) groups is 2. The lowest BCUT2D eigenvalue weighted by atomic mass is 10.2. The predicted molar refractivity (Wildman–Crippen MR) is 106 cm³/mol. The van der Waals surface area contributed by atoms with Crippen LogP contribution < -0.4 is 10.1 Å². The zero-order chi connectivity index (χ0) is 19.3. The molecule has 0 unspecified atom stereocenters. The molecule has 0 saturated carbocycles. The fourth-order valence-corrected chi connectivity index (χ4v) is 2.41. The lowest BCUT2D eigenvalue weighted by Gasteiger charge is -2.08. The molecule has 0 aliphatic heterocycles. The Morgan fingerprint density at radius 2 is 1.56 bits per heavy atom. The van der Waals surface area contributed by atoms with Crippen molar-refractivity contribution in [2.75, 3.05) is 18.5 Å². The summed E-state index contributed by atoms with van der Waals surface area (Å²) in [5, 5.41) is 2.85. The van der Waals surface area contributed by atoms with Crippen molar-refractivity contribution in [2.45, 2.75) is 25.7 Å². The van der Waals surface area contributed by atoms with E-state index in [4.69, 9.17) is 9.47 Å². The molecule has 0 saturated heterocycles. The van der Waals surface area contributed by atoms with Crippen LogP contribution in [0.5, 0.6) is 5.75 Å². The van der Waals surface area contributed by atoms with Crippen LogP contribution in [0.2, 0.25) is 0 Å². The Bertz CT molecular complexity index is 726. The fourth-order valence-electron chi connectivity index (χ4n) is 2.41. The Morgan fingerprint density at radius 1 is 0.889 bits per heavy atom. The van der Waals surface area contributed by atoms with Gasteiger partial charge in [0.25, 0.3) is 5.91 Å². The summed E-state index contributed by atoms with van der Waals surface area (Å²) in [4.78, 5) is 23.1. The first-order valence-corrected chi connectivity index (χ1v) is 9.07. The molecular weight excluding hydrogens is 342 g/mol. The maximum absolute atomic E-state index is 12.2. The van der Waals surface area contributed by atoms with E-state index < -0.39 is 0 Å². The van der Waals surface area contributed by atoms with E-state index in [1.54, 1.807) is 24.3 Å². The van der Waals surface area contributed by atoms with Gasteiger partial charge in [-0.25, -0.2) is 4.79 Å². The molecule has 0 aliphatic carbocycles. The second-order valence-corrected chi connectivity index (χ2v) is 5.98. The Morgan fingerprint density at radius 3 is 2.22 bits per heavy atom. The second kappa shape index (κ2) is 11.5. The molecule has 0 bridgehead atoms. The number of benzene rings is 2. The SMILES string of the molecule is C=CC(=O)OCCCCCCOc1ccc(C(=O)Nc2ccccc2)cc1. The van der Waals surface area contributed by atoms with Crippen LogP contribution in [0.1, 0.15) is 36.0 Å². The van der Waals surface area contributed by atoms with Crippen LogP contribution >= 0.6 is 0 Å². The highest BCUT2D eigenvalue weighted by atomic mass is 16.5. The third-order valence-electron chi connectivity index (χ3n) is 3.87. The summed E-state index contributed by atoms with van der Waals surface area (Å²) in [6.07, 6.45) is 4.91. The third-order valence-corrected chi connectivity index (χ3v) is 3.87. The van der Waals surface area contributed by atoms with Gasteiger partial charge in [-0.2, -0.15) is 0 Å². The minimum atomic E-state index is -0.376. The van der Waals surface area contributed by atoms with Crippen molar-refractivity contribution < 1.29 is 19.1 Å². The number of unbranched alkanes of at least 4 members (excludes halogenated alkanes) is 3. The Balaban J connectivity index is 1.62. The summed E-state index contributed by atoms with van der Waals surface area (Å²) >= 11 is 0. The third kappa shape index (κ3) is 7.77. The normalized spacial score (nSPS) is 10.1. The number of ether oxygens (including phenoxy) is 2. The number of para-hydroxylation sites is 1. The van der Waals surface area contributed by atoms with Gasteiger partial charge in [-0.1, -0.05) is 24.8 Å². The molecule has 2 rings (SSSR count). The van der Waals surface area contributed by atoms with E-state index in [1.807, 2.05) is 30.3 Å². The van der Waals surface area contributed by atoms with Gasteiger partial charge in [-0.3, -0.25) is 4.79 Å². The Labute approximate surface area is 160 Å². The van der Waals surface area contributed by atoms with Gasteiger partial charge < -0.3 is 14.8 Å². The molecule has 1 amide bonds. The second-order valence-electron chi connectivity index (χ2n) is 5.98. The standard InChI is InChI=1S/C22H25NO4/c1-2-21(24)27-17-9-4-3-8-16-26-20-14-12-18(13-15-20)22(25)23-19-10-6-5-7-11-19/h2,5-7,10-15H,1,3-4,8-9,16-17H2,(H,23,25). The van der Waals surface area contributed by atoms with E-state index in [0.717, 1.165) is 37.1 Å². The van der Waals surface area contributed by atoms with Gasteiger partial charge in [-0.05, 0) is 62.1 Å². The molecule has 0 aromatic heterocycles. The van der Waals surface area contributed by atoms with E-state index in [2.05, 4.69) is 11.9 Å². The van der Waals surface area contributed by atoms with Crippen molar-refractivity contribution in [2.24, 2.45) is 0 Å². The monoisotopic (exact) mass is 367 g/mol. The van der Waals surface area contributed by atoms with Gasteiger partial charge in [0.15, 0.2) is 0 Å². The molecule has 2 aromatic carbocycles. The van der Waals surface area contributed by atoms with Gasteiger partial charge >= 0.3 is 5.97 Å². The molecule has 1 N–H and O–H groups in total. The number of esters is 1. The van der Waals surface area contributed by atoms with Crippen LogP contribution in [-0.4, -0.2) is 25.1 Å². The van der Waals surface area contributed by atoms with E-state index in [1.165, 1.54) is 6.08 Å². The number of amides is 1. The van der Waals surface area contributed by atoms with Crippen LogP contribution in [0, 0.1) is 0 Å². The van der Waals surface area contributed by atoms with Crippen LogP contribution in [0.15, 0.2) is 67.3 Å². The van der Waals surface area contributed by atoms with Crippen molar-refractivity contribution in [3.05, 3.63) is 72.8 Å². The molecule has 142 valence electrons. The molecule has 0 heterocycles. The Hall–Kier alpha value is -3.08. The minimum absolute atomic E-state index is 0.148. The van der Waals surface area contributed by atoms with E-state index >= 15 is 0 Å². The maximum atomic E-state index is 12.2. The van der Waals surface area contributed by atoms with Crippen LogP contribution in [0.4, 0.5) is 5.69 Å². The molecule has 5 nitrogen and oxygen atoms in total. The lowest BCUT2D eigenvalue weighted by molar-refractivity contribution is -0.137. The molecule has 5 heteroatoms. The predicted octanol–water partition coefficient (Wildman–Crippen LogP) is 4.61. The summed E-state index contributed by atoms with van der Waals surface area (Å²) in [6, 6.07) is 16.4. The number of rotatable bonds is 11. The molecule has 0 fully saturated rings. The van der Waals surface area contributed by atoms with Gasteiger partial charge in [0.2, 0.25) is 0 Å². The average molecular weight is 367 g/mol. The summed E-state index contributed by atoms with van der Waals surface area (Å²) in [5.41, 5.74) is 1.35. The fraction of sp³-hybridized carbons (Fsp3) is 0.273. The molecule has 0 spiro atoms. The molecule has 0 aliphatic rings. The topological polar surface area (TPSA) is 64.6 Å².